The average Bonchev–Trinajstić information content (AvgIpc) is 3.18. The van der Waals surface area contributed by atoms with E-state index in [-0.39, 0.29) is 6.42 Å². The topological polar surface area (TPSA) is 82.7 Å². The second-order valence-corrected chi connectivity index (χ2v) is 8.21. The Morgan fingerprint density at radius 2 is 1.88 bits per heavy atom. The van der Waals surface area contributed by atoms with E-state index in [2.05, 4.69) is 50.3 Å². The summed E-state index contributed by atoms with van der Waals surface area (Å²) in [7, 11) is 2.05. The van der Waals surface area contributed by atoms with E-state index in [0.29, 0.717) is 11.8 Å². The van der Waals surface area contributed by atoms with Gasteiger partial charge in [0.15, 0.2) is 0 Å². The Balaban J connectivity index is 1.95. The summed E-state index contributed by atoms with van der Waals surface area (Å²) in [6.45, 7) is 9.33. The molecule has 1 aromatic heterocycles. The minimum Gasteiger partial charge on any atom is -0.481 e. The highest BCUT2D eigenvalue weighted by Crippen LogP contribution is 2.44. The number of anilines is 2. The highest BCUT2D eigenvalue weighted by atomic mass is 16.4. The minimum atomic E-state index is -0.841. The van der Waals surface area contributed by atoms with Crippen LogP contribution < -0.4 is 9.80 Å². The lowest BCUT2D eigenvalue weighted by molar-refractivity contribution is -0.136. The van der Waals surface area contributed by atoms with Crippen molar-refractivity contribution < 1.29 is 14.3 Å². The quantitative estimate of drug-likeness (QED) is 0.630. The van der Waals surface area contributed by atoms with Crippen molar-refractivity contribution in [2.75, 3.05) is 29.9 Å². The molecule has 0 saturated carbocycles. The van der Waals surface area contributed by atoms with E-state index < -0.39 is 5.97 Å². The second kappa shape index (κ2) is 8.49. The number of hydrogen-bond acceptors (Lipinski definition) is 6. The number of rotatable bonds is 5. The van der Waals surface area contributed by atoms with Crippen LogP contribution in [-0.4, -0.2) is 41.4 Å². The van der Waals surface area contributed by atoms with Gasteiger partial charge in [-0.25, -0.2) is 0 Å². The lowest BCUT2D eigenvalue weighted by Gasteiger charge is -2.39. The van der Waals surface area contributed by atoms with Crippen LogP contribution in [-0.2, 0) is 11.2 Å². The first-order valence-electron chi connectivity index (χ1n) is 10.7. The maximum absolute atomic E-state index is 11.8. The van der Waals surface area contributed by atoms with Crippen molar-refractivity contribution >= 4 is 23.0 Å². The molecule has 0 atom stereocenters. The summed E-state index contributed by atoms with van der Waals surface area (Å²) in [6.07, 6.45) is 1.95. The Morgan fingerprint density at radius 1 is 1.16 bits per heavy atom. The molecule has 7 heteroatoms. The maximum Gasteiger partial charge on any atom is 0.307 e. The molecule has 1 aliphatic heterocycles. The molecule has 0 saturated heterocycles. The standard InChI is InChI=1S/C25H28N4O3/c1-6-21(25-27-26-17(4)32-25)29-12-11-28(5)24-16(3)19(14-23(30)31)20(13-22(24)29)18-9-7-15(2)8-10-18/h6-10,13H,11-12,14H2,1-5H3,(H,30,31)/b21-6-. The van der Waals surface area contributed by atoms with Crippen LogP contribution >= 0.6 is 0 Å². The molecule has 4 rings (SSSR count). The molecule has 2 aromatic carbocycles. The molecule has 32 heavy (non-hydrogen) atoms. The number of fused-ring (bicyclic) bond motifs is 1. The first kappa shape index (κ1) is 21.6. The zero-order valence-corrected chi connectivity index (χ0v) is 19.1. The fraction of sp³-hybridized carbons (Fsp3) is 0.320. The highest BCUT2D eigenvalue weighted by Gasteiger charge is 2.30. The number of aliphatic carboxylic acids is 1. The highest BCUT2D eigenvalue weighted by molar-refractivity contribution is 5.92. The van der Waals surface area contributed by atoms with Crippen LogP contribution in [0.15, 0.2) is 40.8 Å². The van der Waals surface area contributed by atoms with Gasteiger partial charge in [0.1, 0.15) is 5.70 Å². The first-order chi connectivity index (χ1) is 15.3. The van der Waals surface area contributed by atoms with E-state index in [0.717, 1.165) is 58.0 Å². The van der Waals surface area contributed by atoms with Crippen molar-refractivity contribution in [3.8, 4) is 11.1 Å². The van der Waals surface area contributed by atoms with Gasteiger partial charge >= 0.3 is 5.97 Å². The van der Waals surface area contributed by atoms with Crippen molar-refractivity contribution in [2.24, 2.45) is 0 Å². The van der Waals surface area contributed by atoms with Crippen molar-refractivity contribution in [3.05, 3.63) is 64.9 Å². The second-order valence-electron chi connectivity index (χ2n) is 8.21. The van der Waals surface area contributed by atoms with Gasteiger partial charge in [0, 0.05) is 27.1 Å². The summed E-state index contributed by atoms with van der Waals surface area (Å²) in [4.78, 5) is 16.1. The predicted octanol–water partition coefficient (Wildman–Crippen LogP) is 4.61. The maximum atomic E-state index is 11.8. The largest absolute Gasteiger partial charge is 0.481 e. The molecule has 0 bridgehead atoms. The van der Waals surface area contributed by atoms with E-state index in [1.165, 1.54) is 0 Å². The number of hydrogen-bond donors (Lipinski definition) is 1. The summed E-state index contributed by atoms with van der Waals surface area (Å²) >= 11 is 0. The number of carbonyl (C=O) groups is 1. The normalized spacial score (nSPS) is 14.0. The van der Waals surface area contributed by atoms with Gasteiger partial charge in [-0.15, -0.1) is 10.2 Å². The zero-order valence-electron chi connectivity index (χ0n) is 19.1. The fourth-order valence-electron chi connectivity index (χ4n) is 4.41. The van der Waals surface area contributed by atoms with Crippen LogP contribution in [0.5, 0.6) is 0 Å². The number of carboxylic acid groups (broad SMARTS) is 1. The van der Waals surface area contributed by atoms with Gasteiger partial charge in [0.25, 0.3) is 5.89 Å². The molecule has 0 radical (unpaired) electrons. The number of allylic oxidation sites excluding steroid dienone is 1. The Bertz CT molecular complexity index is 1190. The molecule has 166 valence electrons. The van der Waals surface area contributed by atoms with Crippen molar-refractivity contribution in [2.45, 2.75) is 34.1 Å². The Morgan fingerprint density at radius 3 is 2.47 bits per heavy atom. The SMILES string of the molecule is C/C=C(/c1nnc(C)o1)N1CCN(C)c2c1cc(-c1ccc(C)cc1)c(CC(=O)O)c2C. The van der Waals surface area contributed by atoms with Crippen molar-refractivity contribution in [1.29, 1.82) is 0 Å². The number of likely N-dealkylation sites (N-methyl/N-ethyl adjacent to an activating group) is 1. The van der Waals surface area contributed by atoms with Crippen molar-refractivity contribution in [1.82, 2.24) is 10.2 Å². The molecule has 1 aliphatic rings. The number of benzene rings is 2. The molecule has 7 nitrogen and oxygen atoms in total. The van der Waals surface area contributed by atoms with Crippen LogP contribution in [0.4, 0.5) is 11.4 Å². The summed E-state index contributed by atoms with van der Waals surface area (Å²) in [5.41, 5.74) is 7.79. The van der Waals surface area contributed by atoms with Crippen LogP contribution in [0.1, 0.15) is 35.4 Å². The minimum absolute atomic E-state index is 0.0323. The molecular weight excluding hydrogens is 404 g/mol. The van der Waals surface area contributed by atoms with Crippen LogP contribution in [0.2, 0.25) is 0 Å². The first-order valence-corrected chi connectivity index (χ1v) is 10.7. The van der Waals surface area contributed by atoms with E-state index in [1.807, 2.05) is 33.9 Å². The molecule has 0 unspecified atom stereocenters. The average molecular weight is 433 g/mol. The third-order valence-corrected chi connectivity index (χ3v) is 5.99. The van der Waals surface area contributed by atoms with Crippen molar-refractivity contribution in [3.63, 3.8) is 0 Å². The van der Waals surface area contributed by atoms with Gasteiger partial charge in [-0.2, -0.15) is 0 Å². The summed E-state index contributed by atoms with van der Waals surface area (Å²) in [5.74, 6) is 0.152. The number of nitrogens with zero attached hydrogens (tertiary/aromatic N) is 4. The number of carboxylic acids is 1. The fourth-order valence-corrected chi connectivity index (χ4v) is 4.41. The summed E-state index contributed by atoms with van der Waals surface area (Å²) < 4.78 is 5.74. The molecule has 2 heterocycles. The third-order valence-electron chi connectivity index (χ3n) is 5.99. The molecule has 0 fully saturated rings. The lowest BCUT2D eigenvalue weighted by Crippen LogP contribution is -2.39. The number of aromatic nitrogens is 2. The third kappa shape index (κ3) is 3.86. The van der Waals surface area contributed by atoms with Crippen LogP contribution in [0, 0.1) is 20.8 Å². The van der Waals surface area contributed by atoms with Gasteiger partial charge < -0.3 is 19.3 Å². The molecule has 0 amide bonds. The van der Waals surface area contributed by atoms with E-state index >= 15 is 0 Å². The van der Waals surface area contributed by atoms with Gasteiger partial charge in [-0.05, 0) is 49.1 Å². The smallest absolute Gasteiger partial charge is 0.307 e. The monoisotopic (exact) mass is 432 g/mol. The molecule has 0 spiro atoms. The van der Waals surface area contributed by atoms with Gasteiger partial charge in [0.2, 0.25) is 5.89 Å². The predicted molar refractivity (Wildman–Crippen MR) is 126 cm³/mol. The molecule has 3 aromatic rings. The van der Waals surface area contributed by atoms with Crippen LogP contribution in [0.25, 0.3) is 16.8 Å². The Hall–Kier alpha value is -3.61. The van der Waals surface area contributed by atoms with Gasteiger partial charge in [0.05, 0.1) is 17.8 Å². The van der Waals surface area contributed by atoms with E-state index in [4.69, 9.17) is 4.42 Å². The molecular formula is C25H28N4O3. The molecule has 0 aliphatic carbocycles. The van der Waals surface area contributed by atoms with Crippen LogP contribution in [0.3, 0.4) is 0 Å². The number of aryl methyl sites for hydroxylation is 2. The molecule has 1 N–H and O–H groups in total. The summed E-state index contributed by atoms with van der Waals surface area (Å²) in [6, 6.07) is 10.3. The van der Waals surface area contributed by atoms with Gasteiger partial charge in [-0.1, -0.05) is 35.9 Å². The Labute approximate surface area is 188 Å². The Kier molecular flexibility index (Phi) is 5.74. The summed E-state index contributed by atoms with van der Waals surface area (Å²) in [5, 5.41) is 17.9. The van der Waals surface area contributed by atoms with E-state index in [9.17, 15) is 9.90 Å². The van der Waals surface area contributed by atoms with E-state index in [1.54, 1.807) is 6.92 Å². The lowest BCUT2D eigenvalue weighted by atomic mass is 9.90. The van der Waals surface area contributed by atoms with Gasteiger partial charge in [-0.3, -0.25) is 4.79 Å². The zero-order chi connectivity index (χ0) is 23.0.